The van der Waals surface area contributed by atoms with Gasteiger partial charge >= 0.3 is 0 Å². The number of rotatable bonds is 7. The number of hydrogen-bond donors (Lipinski definition) is 0. The Morgan fingerprint density at radius 3 is 3.00 bits per heavy atom. The fourth-order valence-corrected chi connectivity index (χ4v) is 2.41. The largest absolute Gasteiger partial charge is 0.497 e. The van der Waals surface area contributed by atoms with Crippen LogP contribution >= 0.6 is 11.8 Å². The molecule has 0 fully saturated rings. The molecule has 1 aromatic carbocycles. The lowest BCUT2D eigenvalue weighted by Crippen LogP contribution is -1.83. The highest BCUT2D eigenvalue weighted by Gasteiger charge is 2.00. The predicted octanol–water partition coefficient (Wildman–Crippen LogP) is 3.72. The molecule has 106 valence electrons. The van der Waals surface area contributed by atoms with Crippen molar-refractivity contribution in [2.24, 2.45) is 0 Å². The van der Waals surface area contributed by atoms with E-state index < -0.39 is 0 Å². The maximum Gasteiger partial charge on any atom is 0.226 e. The molecule has 1 aromatic heterocycles. The van der Waals surface area contributed by atoms with Gasteiger partial charge < -0.3 is 9.15 Å². The van der Waals surface area contributed by atoms with Gasteiger partial charge in [0.1, 0.15) is 5.75 Å². The first-order valence-electron chi connectivity index (χ1n) is 6.45. The molecule has 20 heavy (non-hydrogen) atoms. The normalized spacial score (nSPS) is 11.1. The summed E-state index contributed by atoms with van der Waals surface area (Å²) in [5.41, 5.74) is 1.15. The highest BCUT2D eigenvalue weighted by molar-refractivity contribution is 7.98. The first-order valence-corrected chi connectivity index (χ1v) is 7.61. The van der Waals surface area contributed by atoms with Crippen LogP contribution in [0.1, 0.15) is 23.8 Å². The molecule has 0 N–H and O–H groups in total. The van der Waals surface area contributed by atoms with Crippen molar-refractivity contribution < 1.29 is 9.15 Å². The minimum absolute atomic E-state index is 0.624. The first-order chi connectivity index (χ1) is 9.78. The average molecular weight is 290 g/mol. The van der Waals surface area contributed by atoms with Crippen LogP contribution in [0, 0.1) is 6.92 Å². The lowest BCUT2D eigenvalue weighted by atomic mass is 10.2. The fraction of sp³-hybridized carbons (Fsp3) is 0.333. The van der Waals surface area contributed by atoms with Crippen molar-refractivity contribution in [3.63, 3.8) is 0 Å². The molecule has 0 atom stereocenters. The zero-order chi connectivity index (χ0) is 14.2. The molecule has 0 saturated carbocycles. The summed E-state index contributed by atoms with van der Waals surface area (Å²) in [7, 11) is 1.68. The van der Waals surface area contributed by atoms with E-state index in [0.717, 1.165) is 29.2 Å². The number of allylic oxidation sites excluding steroid dienone is 1. The van der Waals surface area contributed by atoms with E-state index in [-0.39, 0.29) is 0 Å². The molecule has 0 saturated heterocycles. The van der Waals surface area contributed by atoms with Crippen molar-refractivity contribution in [3.05, 3.63) is 47.7 Å². The summed E-state index contributed by atoms with van der Waals surface area (Å²) < 4.78 is 10.5. The van der Waals surface area contributed by atoms with Crippen LogP contribution in [0.4, 0.5) is 0 Å². The lowest BCUT2D eigenvalue weighted by Gasteiger charge is -2.00. The second-order valence-electron chi connectivity index (χ2n) is 4.24. The maximum atomic E-state index is 5.31. The molecule has 1 heterocycles. The van der Waals surface area contributed by atoms with E-state index in [1.54, 1.807) is 25.8 Å². The van der Waals surface area contributed by atoms with Crippen molar-refractivity contribution >= 4 is 17.8 Å². The van der Waals surface area contributed by atoms with Crippen LogP contribution in [0.5, 0.6) is 5.75 Å². The molecule has 0 spiro atoms. The molecule has 0 aliphatic heterocycles. The van der Waals surface area contributed by atoms with Crippen molar-refractivity contribution in [2.45, 2.75) is 19.1 Å². The van der Waals surface area contributed by atoms with Gasteiger partial charge in [-0.3, -0.25) is 0 Å². The van der Waals surface area contributed by atoms with Crippen LogP contribution in [-0.4, -0.2) is 23.1 Å². The highest BCUT2D eigenvalue weighted by Crippen LogP contribution is 2.15. The molecular formula is C15H18N2O2S. The molecule has 0 aliphatic rings. The monoisotopic (exact) mass is 290 g/mol. The van der Waals surface area contributed by atoms with Gasteiger partial charge in [0.2, 0.25) is 11.8 Å². The summed E-state index contributed by atoms with van der Waals surface area (Å²) in [6, 6.07) is 8.02. The van der Waals surface area contributed by atoms with E-state index >= 15 is 0 Å². The fourth-order valence-electron chi connectivity index (χ4n) is 1.67. The number of hydrogen-bond acceptors (Lipinski definition) is 5. The summed E-state index contributed by atoms with van der Waals surface area (Å²) in [5, 5.41) is 7.76. The van der Waals surface area contributed by atoms with Gasteiger partial charge in [0.05, 0.1) is 12.9 Å². The number of methoxy groups -OCH3 is 1. The summed E-state index contributed by atoms with van der Waals surface area (Å²) in [6.45, 7) is 1.80. The third-order valence-electron chi connectivity index (χ3n) is 2.63. The van der Waals surface area contributed by atoms with Gasteiger partial charge in [0.15, 0.2) is 0 Å². The Balaban J connectivity index is 1.68. The van der Waals surface area contributed by atoms with Crippen LogP contribution < -0.4 is 4.74 Å². The zero-order valence-corrected chi connectivity index (χ0v) is 12.5. The summed E-state index contributed by atoms with van der Waals surface area (Å²) in [6.07, 6.45) is 5.29. The van der Waals surface area contributed by atoms with Gasteiger partial charge in [0.25, 0.3) is 0 Å². The minimum atomic E-state index is 0.624. The van der Waals surface area contributed by atoms with Crippen LogP contribution in [0.15, 0.2) is 34.8 Å². The number of benzene rings is 1. The number of aryl methyl sites for hydroxylation is 1. The number of nitrogens with zero attached hydrogens (tertiary/aromatic N) is 2. The second-order valence-corrected chi connectivity index (χ2v) is 5.34. The summed E-state index contributed by atoms with van der Waals surface area (Å²) in [5.74, 6) is 4.01. The molecule has 5 heteroatoms. The van der Waals surface area contributed by atoms with Gasteiger partial charge in [-0.25, -0.2) is 0 Å². The Morgan fingerprint density at radius 1 is 1.35 bits per heavy atom. The van der Waals surface area contributed by atoms with E-state index in [2.05, 4.69) is 28.4 Å². The van der Waals surface area contributed by atoms with E-state index in [9.17, 15) is 0 Å². The third-order valence-corrected chi connectivity index (χ3v) is 3.60. The Morgan fingerprint density at radius 2 is 2.25 bits per heavy atom. The SMILES string of the molecule is COc1cccc(/C=C/CCSCc2nnc(C)o2)c1. The molecule has 2 rings (SSSR count). The number of aromatic nitrogens is 2. The molecule has 0 aliphatic carbocycles. The minimum Gasteiger partial charge on any atom is -0.497 e. The van der Waals surface area contributed by atoms with Crippen LogP contribution in [-0.2, 0) is 5.75 Å². The van der Waals surface area contributed by atoms with Crippen LogP contribution in [0.2, 0.25) is 0 Å². The quantitative estimate of drug-likeness (QED) is 0.727. The van der Waals surface area contributed by atoms with Crippen LogP contribution in [0.25, 0.3) is 6.08 Å². The van der Waals surface area contributed by atoms with Gasteiger partial charge in [-0.2, -0.15) is 11.8 Å². The molecule has 0 amide bonds. The van der Waals surface area contributed by atoms with E-state index in [1.807, 2.05) is 18.2 Å². The molecular weight excluding hydrogens is 272 g/mol. The van der Waals surface area contributed by atoms with Crippen molar-refractivity contribution in [1.29, 1.82) is 0 Å². The smallest absolute Gasteiger partial charge is 0.226 e. The van der Waals surface area contributed by atoms with Crippen molar-refractivity contribution in [3.8, 4) is 5.75 Å². The van der Waals surface area contributed by atoms with Crippen molar-refractivity contribution in [1.82, 2.24) is 10.2 Å². The molecule has 2 aromatic rings. The third kappa shape index (κ3) is 4.74. The topological polar surface area (TPSA) is 48.2 Å². The van der Waals surface area contributed by atoms with E-state index in [1.165, 1.54) is 0 Å². The van der Waals surface area contributed by atoms with Gasteiger partial charge in [-0.1, -0.05) is 24.3 Å². The zero-order valence-electron chi connectivity index (χ0n) is 11.7. The molecule has 0 bridgehead atoms. The first kappa shape index (κ1) is 14.7. The van der Waals surface area contributed by atoms with Gasteiger partial charge in [-0.15, -0.1) is 10.2 Å². The van der Waals surface area contributed by atoms with E-state index in [4.69, 9.17) is 9.15 Å². The predicted molar refractivity (Wildman–Crippen MR) is 81.8 cm³/mol. The summed E-state index contributed by atoms with van der Waals surface area (Å²) >= 11 is 1.79. The molecule has 4 nitrogen and oxygen atoms in total. The second kappa shape index (κ2) is 7.75. The van der Waals surface area contributed by atoms with E-state index in [0.29, 0.717) is 11.8 Å². The Hall–Kier alpha value is -1.75. The highest BCUT2D eigenvalue weighted by atomic mass is 32.2. The van der Waals surface area contributed by atoms with Gasteiger partial charge in [-0.05, 0) is 29.9 Å². The van der Waals surface area contributed by atoms with Gasteiger partial charge in [0, 0.05) is 6.92 Å². The maximum absolute atomic E-state index is 5.31. The molecule has 0 radical (unpaired) electrons. The standard InChI is InChI=1S/C15H18N2O2S/c1-12-16-17-15(19-12)11-20-9-4-3-6-13-7-5-8-14(10-13)18-2/h3,5-8,10H,4,9,11H2,1-2H3/b6-3+. The lowest BCUT2D eigenvalue weighted by molar-refractivity contribution is 0.414. The van der Waals surface area contributed by atoms with Crippen molar-refractivity contribution in [2.75, 3.05) is 12.9 Å². The van der Waals surface area contributed by atoms with Crippen LogP contribution in [0.3, 0.4) is 0 Å². The Bertz CT molecular complexity index is 567. The average Bonchev–Trinajstić information content (AvgIpc) is 2.88. The summed E-state index contributed by atoms with van der Waals surface area (Å²) in [4.78, 5) is 0. The Kier molecular flexibility index (Phi) is 5.68. The number of ether oxygens (including phenoxy) is 1. The Labute approximate surface area is 123 Å². The molecule has 0 unspecified atom stereocenters. The number of thioether (sulfide) groups is 1.